The molecule has 0 saturated heterocycles. The van der Waals surface area contributed by atoms with Gasteiger partial charge in [-0.3, -0.25) is 0 Å². The molecule has 4 nitrogen and oxygen atoms in total. The van der Waals surface area contributed by atoms with Crippen LogP contribution in [0.5, 0.6) is 0 Å². The lowest BCUT2D eigenvalue weighted by molar-refractivity contribution is 0.138. The molecule has 0 spiro atoms. The van der Waals surface area contributed by atoms with Crippen molar-refractivity contribution in [1.82, 2.24) is 4.98 Å². The highest BCUT2D eigenvalue weighted by atomic mass is 35.5. The number of nitrogens with one attached hydrogen (secondary N) is 1. The largest absolute Gasteiger partial charge is 0.396 e. The quantitative estimate of drug-likeness (QED) is 0.688. The Morgan fingerprint density at radius 3 is 2.80 bits per heavy atom. The van der Waals surface area contributed by atoms with Crippen LogP contribution in [0.1, 0.15) is 13.8 Å². The van der Waals surface area contributed by atoms with Crippen LogP contribution >= 0.6 is 11.6 Å². The Labute approximate surface area is 94.5 Å². The third-order valence-corrected chi connectivity index (χ3v) is 2.35. The predicted octanol–water partition coefficient (Wildman–Crippen LogP) is 1.75. The number of aliphatic hydroxyl groups is 1. The van der Waals surface area contributed by atoms with E-state index in [2.05, 4.69) is 10.3 Å². The molecule has 0 fully saturated rings. The number of aromatic nitrogens is 1. The van der Waals surface area contributed by atoms with Gasteiger partial charge in [0.15, 0.2) is 5.82 Å². The number of halogens is 1. The fourth-order valence-electron chi connectivity index (χ4n) is 1.02. The van der Waals surface area contributed by atoms with Gasteiger partial charge in [-0.2, -0.15) is 0 Å². The number of rotatable bonds is 4. The van der Waals surface area contributed by atoms with E-state index in [0.717, 1.165) is 0 Å². The van der Waals surface area contributed by atoms with Crippen LogP contribution in [0.15, 0.2) is 12.1 Å². The highest BCUT2D eigenvalue weighted by Crippen LogP contribution is 2.18. The second kappa shape index (κ2) is 5.19. The summed E-state index contributed by atoms with van der Waals surface area (Å²) in [4.78, 5) is 4.02. The van der Waals surface area contributed by atoms with Gasteiger partial charge >= 0.3 is 0 Å². The van der Waals surface area contributed by atoms with E-state index in [-0.39, 0.29) is 5.92 Å². The van der Waals surface area contributed by atoms with Crippen molar-refractivity contribution in [3.05, 3.63) is 17.3 Å². The fraction of sp³-hybridized carbons (Fsp3) is 0.500. The van der Waals surface area contributed by atoms with Gasteiger partial charge < -0.3 is 16.2 Å². The summed E-state index contributed by atoms with van der Waals surface area (Å²) in [5, 5.41) is 12.9. The van der Waals surface area contributed by atoms with Crippen LogP contribution < -0.4 is 11.1 Å². The average Bonchev–Trinajstić information content (AvgIpc) is 2.18. The Kier molecular flexibility index (Phi) is 4.17. The SMILES string of the molecule is CC(C)C(O)CNc1nc(Cl)ccc1N. The number of nitrogens with two attached hydrogens (primary N) is 1. The van der Waals surface area contributed by atoms with Crippen molar-refractivity contribution in [2.45, 2.75) is 20.0 Å². The zero-order chi connectivity index (χ0) is 11.4. The van der Waals surface area contributed by atoms with E-state index in [4.69, 9.17) is 17.3 Å². The number of hydrogen-bond donors (Lipinski definition) is 3. The molecule has 1 atom stereocenters. The summed E-state index contributed by atoms with van der Waals surface area (Å²) in [5.74, 6) is 0.708. The molecular weight excluding hydrogens is 214 g/mol. The first-order valence-corrected chi connectivity index (χ1v) is 5.22. The van der Waals surface area contributed by atoms with Crippen LogP contribution in [-0.2, 0) is 0 Å². The molecule has 1 rings (SSSR count). The average molecular weight is 230 g/mol. The molecule has 15 heavy (non-hydrogen) atoms. The van der Waals surface area contributed by atoms with Crippen molar-refractivity contribution in [2.24, 2.45) is 5.92 Å². The van der Waals surface area contributed by atoms with Crippen molar-refractivity contribution >= 4 is 23.1 Å². The van der Waals surface area contributed by atoms with E-state index in [0.29, 0.717) is 23.2 Å². The molecule has 5 heteroatoms. The fourth-order valence-corrected chi connectivity index (χ4v) is 1.17. The molecule has 84 valence electrons. The molecule has 0 aromatic carbocycles. The molecule has 1 aromatic heterocycles. The predicted molar refractivity (Wildman–Crippen MR) is 63.0 cm³/mol. The first-order valence-electron chi connectivity index (χ1n) is 4.84. The van der Waals surface area contributed by atoms with Gasteiger partial charge in [0.1, 0.15) is 5.15 Å². The standard InChI is InChI=1S/C10H16ClN3O/c1-6(2)8(15)5-13-10-7(12)3-4-9(11)14-10/h3-4,6,8,15H,5,12H2,1-2H3,(H,13,14). The van der Waals surface area contributed by atoms with E-state index in [1.165, 1.54) is 0 Å². The summed E-state index contributed by atoms with van der Waals surface area (Å²) in [7, 11) is 0. The monoisotopic (exact) mass is 229 g/mol. The zero-order valence-corrected chi connectivity index (χ0v) is 9.62. The number of anilines is 2. The Hall–Kier alpha value is -1.00. The summed E-state index contributed by atoms with van der Waals surface area (Å²) in [5.41, 5.74) is 6.21. The Bertz CT molecular complexity index is 330. The smallest absolute Gasteiger partial charge is 0.151 e. The number of nitrogen functional groups attached to an aromatic ring is 1. The van der Waals surface area contributed by atoms with Gasteiger partial charge in [0.05, 0.1) is 11.8 Å². The van der Waals surface area contributed by atoms with E-state index in [1.54, 1.807) is 12.1 Å². The topological polar surface area (TPSA) is 71.2 Å². The van der Waals surface area contributed by atoms with Gasteiger partial charge in [0, 0.05) is 6.54 Å². The summed E-state index contributed by atoms with van der Waals surface area (Å²) < 4.78 is 0. The van der Waals surface area contributed by atoms with Crippen LogP contribution in [0.3, 0.4) is 0 Å². The highest BCUT2D eigenvalue weighted by Gasteiger charge is 2.10. The van der Waals surface area contributed by atoms with Crippen LogP contribution in [0.25, 0.3) is 0 Å². The van der Waals surface area contributed by atoms with E-state index in [9.17, 15) is 5.11 Å². The van der Waals surface area contributed by atoms with Crippen molar-refractivity contribution < 1.29 is 5.11 Å². The van der Waals surface area contributed by atoms with Crippen molar-refractivity contribution in [2.75, 3.05) is 17.6 Å². The van der Waals surface area contributed by atoms with Gasteiger partial charge in [-0.05, 0) is 18.1 Å². The molecular formula is C10H16ClN3O. The number of nitrogens with zero attached hydrogens (tertiary/aromatic N) is 1. The number of pyridine rings is 1. The van der Waals surface area contributed by atoms with E-state index < -0.39 is 6.10 Å². The molecule has 4 N–H and O–H groups in total. The van der Waals surface area contributed by atoms with Crippen LogP contribution in [0.2, 0.25) is 5.15 Å². The second-order valence-corrected chi connectivity index (χ2v) is 4.15. The number of aliphatic hydroxyl groups excluding tert-OH is 1. The summed E-state index contributed by atoms with van der Waals surface area (Å²) in [6.07, 6.45) is -0.426. The summed E-state index contributed by atoms with van der Waals surface area (Å²) in [6.45, 7) is 4.30. The Morgan fingerprint density at radius 1 is 1.53 bits per heavy atom. The molecule has 0 amide bonds. The lowest BCUT2D eigenvalue weighted by Gasteiger charge is -2.16. The maximum atomic E-state index is 9.58. The second-order valence-electron chi connectivity index (χ2n) is 3.76. The molecule has 1 aromatic rings. The molecule has 0 aliphatic rings. The lowest BCUT2D eigenvalue weighted by atomic mass is 10.1. The first-order chi connectivity index (χ1) is 7.00. The minimum Gasteiger partial charge on any atom is -0.396 e. The molecule has 0 saturated carbocycles. The van der Waals surface area contributed by atoms with Gasteiger partial charge in [-0.15, -0.1) is 0 Å². The highest BCUT2D eigenvalue weighted by molar-refractivity contribution is 6.29. The van der Waals surface area contributed by atoms with E-state index in [1.807, 2.05) is 13.8 Å². The van der Waals surface area contributed by atoms with Crippen molar-refractivity contribution in [3.8, 4) is 0 Å². The van der Waals surface area contributed by atoms with Gasteiger partial charge in [0.25, 0.3) is 0 Å². The van der Waals surface area contributed by atoms with Crippen LogP contribution in [0.4, 0.5) is 11.5 Å². The summed E-state index contributed by atoms with van der Waals surface area (Å²) in [6, 6.07) is 3.31. The minimum atomic E-state index is -0.426. The molecule has 0 bridgehead atoms. The maximum Gasteiger partial charge on any atom is 0.151 e. The third kappa shape index (κ3) is 3.57. The molecule has 0 aliphatic heterocycles. The molecule has 0 radical (unpaired) electrons. The Morgan fingerprint density at radius 2 is 2.20 bits per heavy atom. The molecule has 1 heterocycles. The third-order valence-electron chi connectivity index (χ3n) is 2.14. The van der Waals surface area contributed by atoms with E-state index >= 15 is 0 Å². The number of hydrogen-bond acceptors (Lipinski definition) is 4. The van der Waals surface area contributed by atoms with Gasteiger partial charge in [0.2, 0.25) is 0 Å². The van der Waals surface area contributed by atoms with Crippen molar-refractivity contribution in [3.63, 3.8) is 0 Å². The first kappa shape index (κ1) is 12.1. The minimum absolute atomic E-state index is 0.193. The van der Waals surface area contributed by atoms with Crippen molar-refractivity contribution in [1.29, 1.82) is 0 Å². The van der Waals surface area contributed by atoms with Crippen LogP contribution in [0, 0.1) is 5.92 Å². The van der Waals surface area contributed by atoms with Gasteiger partial charge in [-0.1, -0.05) is 25.4 Å². The zero-order valence-electron chi connectivity index (χ0n) is 8.87. The summed E-state index contributed by atoms with van der Waals surface area (Å²) >= 11 is 5.73. The molecule has 0 aliphatic carbocycles. The van der Waals surface area contributed by atoms with Crippen LogP contribution in [-0.4, -0.2) is 22.7 Å². The normalized spacial score (nSPS) is 12.9. The molecule has 1 unspecified atom stereocenters. The Balaban J connectivity index is 2.61. The lowest BCUT2D eigenvalue weighted by Crippen LogP contribution is -2.25. The maximum absolute atomic E-state index is 9.58. The van der Waals surface area contributed by atoms with Gasteiger partial charge in [-0.25, -0.2) is 4.98 Å².